The average Bonchev–Trinajstić information content (AvgIpc) is 2.56. The first-order chi connectivity index (χ1) is 6.66. The number of aryl methyl sites for hydroxylation is 1. The molecule has 4 heteroatoms. The topological polar surface area (TPSA) is 46.3 Å². The molecule has 0 spiro atoms. The number of hydrogen-bond donors (Lipinski definition) is 1. The van der Waals surface area contributed by atoms with Crippen LogP contribution in [0.2, 0.25) is 0 Å². The van der Waals surface area contributed by atoms with E-state index >= 15 is 0 Å². The Kier molecular flexibility index (Phi) is 1.96. The number of aromatic nitrogens is 1. The third-order valence-corrected chi connectivity index (χ3v) is 1.84. The Bertz CT molecular complexity index is 465. The molecule has 0 bridgehead atoms. The minimum absolute atomic E-state index is 0.00421. The van der Waals surface area contributed by atoms with Crippen molar-refractivity contribution in [3.8, 4) is 17.1 Å². The highest BCUT2D eigenvalue weighted by atomic mass is 19.1. The van der Waals surface area contributed by atoms with Gasteiger partial charge in [-0.25, -0.2) is 9.37 Å². The number of aromatic hydroxyl groups is 1. The molecule has 0 radical (unpaired) electrons. The highest BCUT2D eigenvalue weighted by molar-refractivity contribution is 5.59. The van der Waals surface area contributed by atoms with Crippen molar-refractivity contribution in [3.63, 3.8) is 0 Å². The van der Waals surface area contributed by atoms with Gasteiger partial charge in [-0.05, 0) is 18.2 Å². The fourth-order valence-corrected chi connectivity index (χ4v) is 1.19. The zero-order chi connectivity index (χ0) is 10.1. The minimum Gasteiger partial charge on any atom is -0.508 e. The molecule has 0 atom stereocenters. The summed E-state index contributed by atoms with van der Waals surface area (Å²) in [5, 5.41) is 9.18. The van der Waals surface area contributed by atoms with Gasteiger partial charge in [0.25, 0.3) is 0 Å². The van der Waals surface area contributed by atoms with Crippen LogP contribution in [-0.2, 0) is 0 Å². The number of nitrogens with zero attached hydrogens (tertiary/aromatic N) is 1. The second-order valence-corrected chi connectivity index (χ2v) is 2.91. The maximum Gasteiger partial charge on any atom is 0.191 e. The van der Waals surface area contributed by atoms with E-state index in [1.165, 1.54) is 24.4 Å². The Morgan fingerprint density at radius 3 is 2.86 bits per heavy atom. The van der Waals surface area contributed by atoms with Crippen LogP contribution in [0.4, 0.5) is 4.39 Å². The summed E-state index contributed by atoms with van der Waals surface area (Å²) in [5.74, 6) is 0.327. The van der Waals surface area contributed by atoms with Crippen molar-refractivity contribution in [2.75, 3.05) is 0 Å². The normalized spacial score (nSPS) is 10.4. The van der Waals surface area contributed by atoms with Gasteiger partial charge in [-0.2, -0.15) is 0 Å². The molecule has 2 rings (SSSR count). The van der Waals surface area contributed by atoms with E-state index in [0.717, 1.165) is 0 Å². The molecule has 0 unspecified atom stereocenters. The van der Waals surface area contributed by atoms with Crippen molar-refractivity contribution in [1.29, 1.82) is 0 Å². The number of phenolic OH excluding ortho intramolecular Hbond substituents is 1. The molecule has 1 aromatic heterocycles. The van der Waals surface area contributed by atoms with Crippen molar-refractivity contribution in [2.45, 2.75) is 6.92 Å². The Labute approximate surface area is 79.8 Å². The highest BCUT2D eigenvalue weighted by Crippen LogP contribution is 2.26. The minimum atomic E-state index is -0.445. The first-order valence-corrected chi connectivity index (χ1v) is 4.08. The van der Waals surface area contributed by atoms with Crippen LogP contribution in [0.3, 0.4) is 0 Å². The maximum absolute atomic E-state index is 13.3. The molecule has 0 saturated carbocycles. The van der Waals surface area contributed by atoms with Crippen LogP contribution < -0.4 is 0 Å². The van der Waals surface area contributed by atoms with E-state index < -0.39 is 5.82 Å². The van der Waals surface area contributed by atoms with Crippen molar-refractivity contribution < 1.29 is 13.9 Å². The van der Waals surface area contributed by atoms with Gasteiger partial charge < -0.3 is 9.52 Å². The lowest BCUT2D eigenvalue weighted by molar-refractivity contribution is 0.472. The summed E-state index contributed by atoms with van der Waals surface area (Å²) in [4.78, 5) is 3.85. The van der Waals surface area contributed by atoms with E-state index in [-0.39, 0.29) is 11.3 Å². The van der Waals surface area contributed by atoms with E-state index in [1.807, 2.05) is 0 Å². The van der Waals surface area contributed by atoms with Gasteiger partial charge in [0.05, 0.1) is 11.8 Å². The second kappa shape index (κ2) is 3.14. The van der Waals surface area contributed by atoms with E-state index in [2.05, 4.69) is 4.98 Å². The standard InChI is InChI=1S/C10H8FNO2/c1-6-12-5-10(14-6)8-4-7(13)2-3-9(8)11/h2-5,13H,1H3. The van der Waals surface area contributed by atoms with Gasteiger partial charge in [-0.15, -0.1) is 0 Å². The Hall–Kier alpha value is -1.84. The van der Waals surface area contributed by atoms with Gasteiger partial charge in [0.15, 0.2) is 11.7 Å². The lowest BCUT2D eigenvalue weighted by atomic mass is 10.1. The number of oxazole rings is 1. The predicted octanol–water partition coefficient (Wildman–Crippen LogP) is 2.49. The fourth-order valence-electron chi connectivity index (χ4n) is 1.19. The van der Waals surface area contributed by atoms with E-state index in [9.17, 15) is 9.50 Å². The Balaban J connectivity index is 2.55. The largest absolute Gasteiger partial charge is 0.508 e. The Morgan fingerprint density at radius 1 is 1.43 bits per heavy atom. The molecule has 2 aromatic rings. The van der Waals surface area contributed by atoms with Crippen LogP contribution in [0.1, 0.15) is 5.89 Å². The molecule has 1 N–H and O–H groups in total. The number of benzene rings is 1. The zero-order valence-electron chi connectivity index (χ0n) is 7.49. The first-order valence-electron chi connectivity index (χ1n) is 4.08. The molecule has 1 heterocycles. The Morgan fingerprint density at radius 2 is 2.21 bits per heavy atom. The predicted molar refractivity (Wildman–Crippen MR) is 48.3 cm³/mol. The van der Waals surface area contributed by atoms with Crippen LogP contribution >= 0.6 is 0 Å². The molecule has 72 valence electrons. The van der Waals surface area contributed by atoms with Gasteiger partial charge >= 0.3 is 0 Å². The molecule has 0 aliphatic carbocycles. The van der Waals surface area contributed by atoms with Gasteiger partial charge in [0, 0.05) is 6.92 Å². The monoisotopic (exact) mass is 193 g/mol. The highest BCUT2D eigenvalue weighted by Gasteiger charge is 2.09. The van der Waals surface area contributed by atoms with Gasteiger partial charge in [-0.1, -0.05) is 0 Å². The number of rotatable bonds is 1. The fraction of sp³-hybridized carbons (Fsp3) is 0.100. The summed E-state index contributed by atoms with van der Waals surface area (Å²) in [6.45, 7) is 1.67. The maximum atomic E-state index is 13.3. The third kappa shape index (κ3) is 1.46. The lowest BCUT2D eigenvalue weighted by Gasteiger charge is -1.99. The quantitative estimate of drug-likeness (QED) is 0.756. The van der Waals surface area contributed by atoms with Crippen molar-refractivity contribution in [3.05, 3.63) is 36.1 Å². The summed E-state index contributed by atoms with van der Waals surface area (Å²) < 4.78 is 18.4. The zero-order valence-corrected chi connectivity index (χ0v) is 7.49. The van der Waals surface area contributed by atoms with Crippen LogP contribution in [-0.4, -0.2) is 10.1 Å². The van der Waals surface area contributed by atoms with Crippen LogP contribution in [0.25, 0.3) is 11.3 Å². The summed E-state index contributed by atoms with van der Waals surface area (Å²) in [6, 6.07) is 3.76. The van der Waals surface area contributed by atoms with Gasteiger partial charge in [-0.3, -0.25) is 0 Å². The molecule has 0 saturated heterocycles. The lowest BCUT2D eigenvalue weighted by Crippen LogP contribution is -1.81. The summed E-state index contributed by atoms with van der Waals surface area (Å²) in [5.41, 5.74) is 0.214. The molecule has 0 aliphatic rings. The number of hydrogen-bond acceptors (Lipinski definition) is 3. The van der Waals surface area contributed by atoms with Crippen LogP contribution in [0.5, 0.6) is 5.75 Å². The molecular weight excluding hydrogens is 185 g/mol. The van der Waals surface area contributed by atoms with Crippen molar-refractivity contribution >= 4 is 0 Å². The molecule has 1 aromatic carbocycles. The first kappa shape index (κ1) is 8.74. The van der Waals surface area contributed by atoms with Crippen LogP contribution in [0, 0.1) is 12.7 Å². The van der Waals surface area contributed by atoms with Gasteiger partial charge in [0.2, 0.25) is 0 Å². The summed E-state index contributed by atoms with van der Waals surface area (Å²) in [7, 11) is 0. The molecule has 0 aliphatic heterocycles. The molecule has 0 amide bonds. The number of phenols is 1. The average molecular weight is 193 g/mol. The van der Waals surface area contributed by atoms with Gasteiger partial charge in [0.1, 0.15) is 11.6 Å². The summed E-state index contributed by atoms with van der Waals surface area (Å²) in [6.07, 6.45) is 1.42. The smallest absolute Gasteiger partial charge is 0.191 e. The third-order valence-electron chi connectivity index (χ3n) is 1.84. The summed E-state index contributed by atoms with van der Waals surface area (Å²) >= 11 is 0. The van der Waals surface area contributed by atoms with E-state index in [1.54, 1.807) is 6.92 Å². The molecule has 3 nitrogen and oxygen atoms in total. The van der Waals surface area contributed by atoms with Crippen molar-refractivity contribution in [1.82, 2.24) is 4.98 Å². The number of halogens is 1. The van der Waals surface area contributed by atoms with E-state index in [0.29, 0.717) is 11.7 Å². The molecule has 14 heavy (non-hydrogen) atoms. The molecular formula is C10H8FNO2. The second-order valence-electron chi connectivity index (χ2n) is 2.91. The SMILES string of the molecule is Cc1ncc(-c2cc(O)ccc2F)o1. The van der Waals surface area contributed by atoms with Crippen LogP contribution in [0.15, 0.2) is 28.8 Å². The van der Waals surface area contributed by atoms with Crippen molar-refractivity contribution in [2.24, 2.45) is 0 Å². The van der Waals surface area contributed by atoms with E-state index in [4.69, 9.17) is 4.42 Å². The molecule has 0 fully saturated rings.